The number of aromatic nitrogens is 3. The lowest BCUT2D eigenvalue weighted by atomic mass is 10.2. The monoisotopic (exact) mass is 363 g/mol. The van der Waals surface area contributed by atoms with Crippen LogP contribution in [0.5, 0.6) is 0 Å². The number of thioether (sulfide) groups is 1. The van der Waals surface area contributed by atoms with Gasteiger partial charge in [-0.2, -0.15) is 13.2 Å². The molecule has 0 radical (unpaired) electrons. The summed E-state index contributed by atoms with van der Waals surface area (Å²) in [5, 5.41) is 6.08. The fourth-order valence-electron chi connectivity index (χ4n) is 1.76. The Morgan fingerprint density at radius 2 is 1.92 bits per heavy atom. The van der Waals surface area contributed by atoms with Gasteiger partial charge in [0.1, 0.15) is 5.82 Å². The SMILES string of the molecule is CN(Cc1ccc(F)cc1)C(=O)CSc1nnc(C(F)(F)F)n1N. The van der Waals surface area contributed by atoms with Crippen LogP contribution >= 0.6 is 11.8 Å². The molecule has 0 aliphatic rings. The van der Waals surface area contributed by atoms with Crippen molar-refractivity contribution in [3.63, 3.8) is 0 Å². The minimum absolute atomic E-state index is 0.162. The smallest absolute Gasteiger partial charge is 0.341 e. The molecular weight excluding hydrogens is 350 g/mol. The Hall–Kier alpha value is -2.30. The highest BCUT2D eigenvalue weighted by Crippen LogP contribution is 2.28. The normalized spacial score (nSPS) is 11.5. The number of halogens is 4. The van der Waals surface area contributed by atoms with Gasteiger partial charge in [-0.25, -0.2) is 9.07 Å². The molecule has 2 aromatic rings. The summed E-state index contributed by atoms with van der Waals surface area (Å²) >= 11 is 0.747. The molecule has 0 unspecified atom stereocenters. The summed E-state index contributed by atoms with van der Waals surface area (Å²) in [5.74, 6) is 3.05. The molecule has 0 spiro atoms. The third-order valence-electron chi connectivity index (χ3n) is 3.00. The molecule has 2 rings (SSSR count). The predicted octanol–water partition coefficient (Wildman–Crippen LogP) is 1.90. The van der Waals surface area contributed by atoms with Crippen LogP contribution < -0.4 is 5.84 Å². The fourth-order valence-corrected chi connectivity index (χ4v) is 2.55. The van der Waals surface area contributed by atoms with Crippen molar-refractivity contribution in [2.24, 2.45) is 0 Å². The first kappa shape index (κ1) is 18.0. The minimum Gasteiger partial charge on any atom is -0.341 e. The Morgan fingerprint density at radius 1 is 1.29 bits per heavy atom. The van der Waals surface area contributed by atoms with Crippen LogP contribution in [-0.4, -0.2) is 38.5 Å². The summed E-state index contributed by atoms with van der Waals surface area (Å²) in [6.07, 6.45) is -4.72. The van der Waals surface area contributed by atoms with Gasteiger partial charge >= 0.3 is 6.18 Å². The summed E-state index contributed by atoms with van der Waals surface area (Å²) in [5.41, 5.74) is 0.721. The Bertz CT molecular complexity index is 716. The second-order valence-electron chi connectivity index (χ2n) is 4.84. The van der Waals surface area contributed by atoms with E-state index in [1.807, 2.05) is 0 Å². The van der Waals surface area contributed by atoms with Crippen molar-refractivity contribution in [1.82, 2.24) is 19.8 Å². The molecule has 0 bridgehead atoms. The number of benzene rings is 1. The first-order chi connectivity index (χ1) is 11.2. The van der Waals surface area contributed by atoms with E-state index >= 15 is 0 Å². The molecular formula is C13H13F4N5OS. The van der Waals surface area contributed by atoms with Gasteiger partial charge in [-0.15, -0.1) is 10.2 Å². The van der Waals surface area contributed by atoms with Crippen LogP contribution in [0.2, 0.25) is 0 Å². The van der Waals surface area contributed by atoms with Gasteiger partial charge < -0.3 is 10.7 Å². The fraction of sp³-hybridized carbons (Fsp3) is 0.308. The van der Waals surface area contributed by atoms with E-state index in [2.05, 4.69) is 10.2 Å². The standard InChI is InChI=1S/C13H13F4N5OS/c1-21(6-8-2-4-9(14)5-3-8)10(23)7-24-12-20-19-11(22(12)18)13(15,16)17/h2-5H,6-7,18H2,1H3. The molecule has 1 aromatic carbocycles. The van der Waals surface area contributed by atoms with Gasteiger partial charge in [0.25, 0.3) is 5.82 Å². The maximum atomic E-state index is 12.8. The van der Waals surface area contributed by atoms with E-state index < -0.39 is 12.0 Å². The summed E-state index contributed by atoms with van der Waals surface area (Å²) in [4.78, 5) is 13.4. The van der Waals surface area contributed by atoms with E-state index in [1.54, 1.807) is 12.1 Å². The molecule has 6 nitrogen and oxygen atoms in total. The van der Waals surface area contributed by atoms with Gasteiger partial charge in [0.2, 0.25) is 11.1 Å². The molecule has 1 heterocycles. The largest absolute Gasteiger partial charge is 0.453 e. The van der Waals surface area contributed by atoms with Crippen molar-refractivity contribution < 1.29 is 22.4 Å². The summed E-state index contributed by atoms with van der Waals surface area (Å²) in [7, 11) is 1.53. The predicted molar refractivity (Wildman–Crippen MR) is 78.8 cm³/mol. The van der Waals surface area contributed by atoms with Crippen LogP contribution in [0.3, 0.4) is 0 Å². The number of nitrogens with zero attached hydrogens (tertiary/aromatic N) is 4. The number of amides is 1. The van der Waals surface area contributed by atoms with E-state index in [1.165, 1.54) is 24.1 Å². The van der Waals surface area contributed by atoms with Crippen LogP contribution in [0.1, 0.15) is 11.4 Å². The number of hydrogen-bond acceptors (Lipinski definition) is 5. The molecule has 2 N–H and O–H groups in total. The Morgan fingerprint density at radius 3 is 2.46 bits per heavy atom. The highest BCUT2D eigenvalue weighted by molar-refractivity contribution is 7.99. The van der Waals surface area contributed by atoms with Crippen LogP contribution in [0, 0.1) is 5.82 Å². The van der Waals surface area contributed by atoms with Gasteiger partial charge in [0, 0.05) is 13.6 Å². The van der Waals surface area contributed by atoms with E-state index in [0.717, 1.165) is 17.3 Å². The maximum Gasteiger partial charge on any atom is 0.453 e. The molecule has 0 aliphatic heterocycles. The van der Waals surface area contributed by atoms with Gasteiger partial charge in [-0.05, 0) is 17.7 Å². The van der Waals surface area contributed by atoms with Crippen molar-refractivity contribution in [3.05, 3.63) is 41.5 Å². The number of nitrogen functional groups attached to an aromatic ring is 1. The number of carbonyl (C=O) groups is 1. The van der Waals surface area contributed by atoms with Crippen LogP contribution in [0.4, 0.5) is 17.6 Å². The van der Waals surface area contributed by atoms with E-state index in [4.69, 9.17) is 5.84 Å². The average Bonchev–Trinajstić information content (AvgIpc) is 2.88. The summed E-state index contributed by atoms with van der Waals surface area (Å²) < 4.78 is 50.8. The highest BCUT2D eigenvalue weighted by atomic mass is 32.2. The van der Waals surface area contributed by atoms with Gasteiger partial charge in [0.05, 0.1) is 5.75 Å². The maximum absolute atomic E-state index is 12.8. The third kappa shape index (κ3) is 4.37. The molecule has 130 valence electrons. The van der Waals surface area contributed by atoms with Crippen LogP contribution in [0.15, 0.2) is 29.4 Å². The molecule has 24 heavy (non-hydrogen) atoms. The van der Waals surface area contributed by atoms with Crippen LogP contribution in [0.25, 0.3) is 0 Å². The van der Waals surface area contributed by atoms with E-state index in [9.17, 15) is 22.4 Å². The van der Waals surface area contributed by atoms with Gasteiger partial charge in [-0.1, -0.05) is 23.9 Å². The lowest BCUT2D eigenvalue weighted by Gasteiger charge is -2.17. The zero-order chi connectivity index (χ0) is 17.9. The summed E-state index contributed by atoms with van der Waals surface area (Å²) in [6.45, 7) is 0.239. The Balaban J connectivity index is 1.93. The van der Waals surface area contributed by atoms with Crippen molar-refractivity contribution in [2.75, 3.05) is 18.6 Å². The van der Waals surface area contributed by atoms with Crippen molar-refractivity contribution in [2.45, 2.75) is 17.9 Å². The van der Waals surface area contributed by atoms with Crippen molar-refractivity contribution in [1.29, 1.82) is 0 Å². The molecule has 1 aromatic heterocycles. The van der Waals surface area contributed by atoms with Gasteiger partial charge in [-0.3, -0.25) is 4.79 Å². The van der Waals surface area contributed by atoms with E-state index in [-0.39, 0.29) is 29.2 Å². The summed E-state index contributed by atoms with van der Waals surface area (Å²) in [6, 6.07) is 5.63. The first-order valence-electron chi connectivity index (χ1n) is 6.57. The number of alkyl halides is 3. The molecule has 0 atom stereocenters. The zero-order valence-electron chi connectivity index (χ0n) is 12.4. The van der Waals surface area contributed by atoms with Gasteiger partial charge in [0.15, 0.2) is 0 Å². The Labute approximate surface area is 138 Å². The van der Waals surface area contributed by atoms with Crippen LogP contribution in [-0.2, 0) is 17.5 Å². The number of carbonyl (C=O) groups excluding carboxylic acids is 1. The topological polar surface area (TPSA) is 77.0 Å². The second kappa shape index (κ2) is 7.07. The van der Waals surface area contributed by atoms with Crippen molar-refractivity contribution in [3.8, 4) is 0 Å². The lowest BCUT2D eigenvalue weighted by Crippen LogP contribution is -2.28. The molecule has 0 saturated heterocycles. The average molecular weight is 363 g/mol. The minimum atomic E-state index is -4.72. The molecule has 1 amide bonds. The molecule has 0 fully saturated rings. The molecule has 11 heteroatoms. The number of hydrogen-bond donors (Lipinski definition) is 1. The number of nitrogens with two attached hydrogens (primary N) is 1. The molecule has 0 aliphatic carbocycles. The zero-order valence-corrected chi connectivity index (χ0v) is 13.2. The lowest BCUT2D eigenvalue weighted by molar-refractivity contribution is -0.146. The van der Waals surface area contributed by atoms with E-state index in [0.29, 0.717) is 4.68 Å². The number of rotatable bonds is 5. The highest BCUT2D eigenvalue weighted by Gasteiger charge is 2.38. The Kier molecular flexibility index (Phi) is 5.32. The van der Waals surface area contributed by atoms with Crippen molar-refractivity contribution >= 4 is 17.7 Å². The third-order valence-corrected chi connectivity index (χ3v) is 3.93. The molecule has 0 saturated carbocycles. The quantitative estimate of drug-likeness (QED) is 0.499. The first-order valence-corrected chi connectivity index (χ1v) is 7.56. The second-order valence-corrected chi connectivity index (χ2v) is 5.78.